The molecule has 0 atom stereocenters. The number of nitrogens with two attached hydrogens (primary N) is 1. The molecule has 2 N–H and O–H groups in total. The van der Waals surface area contributed by atoms with Gasteiger partial charge in [-0.25, -0.2) is 9.97 Å². The van der Waals surface area contributed by atoms with E-state index in [4.69, 9.17) is 18.0 Å². The zero-order valence-electron chi connectivity index (χ0n) is 10.1. The summed E-state index contributed by atoms with van der Waals surface area (Å²) in [4.78, 5) is 11.2. The Morgan fingerprint density at radius 3 is 2.76 bits per heavy atom. The molecular weight excluding hydrogens is 232 g/mol. The molecular formula is C12H18N4S. The molecule has 0 amide bonds. The van der Waals surface area contributed by atoms with Gasteiger partial charge >= 0.3 is 0 Å². The Morgan fingerprint density at radius 1 is 1.41 bits per heavy atom. The van der Waals surface area contributed by atoms with E-state index in [0.717, 1.165) is 5.95 Å². The molecule has 1 heterocycles. The van der Waals surface area contributed by atoms with E-state index in [1.807, 2.05) is 0 Å². The highest BCUT2D eigenvalue weighted by atomic mass is 32.1. The van der Waals surface area contributed by atoms with Crippen LogP contribution < -0.4 is 10.6 Å². The summed E-state index contributed by atoms with van der Waals surface area (Å²) in [5, 5.41) is 0. The van der Waals surface area contributed by atoms with Crippen molar-refractivity contribution < 1.29 is 0 Å². The van der Waals surface area contributed by atoms with Crippen LogP contribution in [0.25, 0.3) is 0 Å². The van der Waals surface area contributed by atoms with Crippen molar-refractivity contribution in [1.82, 2.24) is 9.97 Å². The SMILES string of the molecule is CN(c1nccc(C(N)=S)n1)C1CCCCC1. The van der Waals surface area contributed by atoms with E-state index in [-0.39, 0.29) is 0 Å². The average Bonchev–Trinajstić information content (AvgIpc) is 2.39. The van der Waals surface area contributed by atoms with Crippen molar-refractivity contribution in [3.63, 3.8) is 0 Å². The van der Waals surface area contributed by atoms with Crippen LogP contribution in [0.4, 0.5) is 5.95 Å². The Morgan fingerprint density at radius 2 is 2.12 bits per heavy atom. The second-order valence-corrected chi connectivity index (χ2v) is 4.95. The van der Waals surface area contributed by atoms with Gasteiger partial charge < -0.3 is 10.6 Å². The van der Waals surface area contributed by atoms with Crippen LogP contribution in [0.3, 0.4) is 0 Å². The minimum absolute atomic E-state index is 0.325. The van der Waals surface area contributed by atoms with Gasteiger partial charge in [0.2, 0.25) is 5.95 Å². The van der Waals surface area contributed by atoms with Gasteiger partial charge in [0, 0.05) is 19.3 Å². The minimum Gasteiger partial charge on any atom is -0.388 e. The Kier molecular flexibility index (Phi) is 3.89. The summed E-state index contributed by atoms with van der Waals surface area (Å²) in [6.07, 6.45) is 8.09. The largest absolute Gasteiger partial charge is 0.388 e. The average molecular weight is 250 g/mol. The molecule has 0 radical (unpaired) electrons. The Hall–Kier alpha value is -1.23. The van der Waals surface area contributed by atoms with Gasteiger partial charge in [-0.15, -0.1) is 0 Å². The third-order valence-corrected chi connectivity index (χ3v) is 3.54. The molecule has 92 valence electrons. The molecule has 0 saturated heterocycles. The summed E-state index contributed by atoms with van der Waals surface area (Å²) in [6.45, 7) is 0. The lowest BCUT2D eigenvalue weighted by Crippen LogP contribution is -2.34. The molecule has 4 nitrogen and oxygen atoms in total. The van der Waals surface area contributed by atoms with Gasteiger partial charge in [0.1, 0.15) is 10.7 Å². The van der Waals surface area contributed by atoms with E-state index in [9.17, 15) is 0 Å². The second-order valence-electron chi connectivity index (χ2n) is 4.51. The molecule has 0 unspecified atom stereocenters. The van der Waals surface area contributed by atoms with Crippen molar-refractivity contribution in [1.29, 1.82) is 0 Å². The lowest BCUT2D eigenvalue weighted by atomic mass is 9.95. The molecule has 0 aliphatic heterocycles. The maximum atomic E-state index is 5.58. The molecule has 1 aromatic rings. The Balaban J connectivity index is 2.14. The highest BCUT2D eigenvalue weighted by Crippen LogP contribution is 2.23. The standard InChI is InChI=1S/C12H18N4S/c1-16(9-5-3-2-4-6-9)12-14-8-7-10(15-12)11(13)17/h7-9H,2-6H2,1H3,(H2,13,17). The maximum Gasteiger partial charge on any atom is 0.225 e. The van der Waals surface area contributed by atoms with Crippen LogP contribution in [-0.2, 0) is 0 Å². The van der Waals surface area contributed by atoms with Crippen LogP contribution in [0.5, 0.6) is 0 Å². The number of aromatic nitrogens is 2. The maximum absolute atomic E-state index is 5.58. The van der Waals surface area contributed by atoms with E-state index < -0.39 is 0 Å². The fourth-order valence-electron chi connectivity index (χ4n) is 2.29. The van der Waals surface area contributed by atoms with Crippen molar-refractivity contribution >= 4 is 23.2 Å². The van der Waals surface area contributed by atoms with E-state index in [0.29, 0.717) is 16.7 Å². The first-order chi connectivity index (χ1) is 8.18. The molecule has 1 aliphatic carbocycles. The van der Waals surface area contributed by atoms with E-state index in [1.165, 1.54) is 32.1 Å². The van der Waals surface area contributed by atoms with Gasteiger partial charge in [0.25, 0.3) is 0 Å². The molecule has 1 saturated carbocycles. The normalized spacial score (nSPS) is 16.8. The monoisotopic (exact) mass is 250 g/mol. The molecule has 1 aliphatic rings. The number of thiocarbonyl (C=S) groups is 1. The first-order valence-electron chi connectivity index (χ1n) is 6.04. The summed E-state index contributed by atoms with van der Waals surface area (Å²) in [7, 11) is 2.05. The fourth-order valence-corrected chi connectivity index (χ4v) is 2.40. The van der Waals surface area contributed by atoms with Gasteiger partial charge in [0.05, 0.1) is 0 Å². The zero-order chi connectivity index (χ0) is 12.3. The Labute approximate surface area is 107 Å². The highest BCUT2D eigenvalue weighted by molar-refractivity contribution is 7.80. The van der Waals surface area contributed by atoms with Crippen molar-refractivity contribution in [2.75, 3.05) is 11.9 Å². The van der Waals surface area contributed by atoms with Crippen LogP contribution in [0.1, 0.15) is 37.8 Å². The van der Waals surface area contributed by atoms with Crippen molar-refractivity contribution in [2.24, 2.45) is 5.73 Å². The number of rotatable bonds is 3. The smallest absolute Gasteiger partial charge is 0.225 e. The second kappa shape index (κ2) is 5.40. The molecule has 0 aromatic carbocycles. The Bertz CT molecular complexity index is 401. The molecule has 2 rings (SSSR count). The zero-order valence-corrected chi connectivity index (χ0v) is 10.9. The fraction of sp³-hybridized carbons (Fsp3) is 0.583. The molecule has 1 fully saturated rings. The van der Waals surface area contributed by atoms with Gasteiger partial charge in [-0.2, -0.15) is 0 Å². The number of hydrogen-bond donors (Lipinski definition) is 1. The van der Waals surface area contributed by atoms with Crippen molar-refractivity contribution in [2.45, 2.75) is 38.1 Å². The van der Waals surface area contributed by atoms with Crippen molar-refractivity contribution in [3.05, 3.63) is 18.0 Å². The molecule has 5 heteroatoms. The third-order valence-electron chi connectivity index (χ3n) is 3.33. The van der Waals surface area contributed by atoms with Crippen LogP contribution in [0.15, 0.2) is 12.3 Å². The van der Waals surface area contributed by atoms with Gasteiger partial charge in [0.15, 0.2) is 0 Å². The van der Waals surface area contributed by atoms with Crippen LogP contribution in [0, 0.1) is 0 Å². The molecule has 17 heavy (non-hydrogen) atoms. The van der Waals surface area contributed by atoms with Crippen LogP contribution in [0.2, 0.25) is 0 Å². The summed E-state index contributed by atoms with van der Waals surface area (Å²) < 4.78 is 0. The van der Waals surface area contributed by atoms with E-state index in [1.54, 1.807) is 12.3 Å². The van der Waals surface area contributed by atoms with E-state index in [2.05, 4.69) is 21.9 Å². The lowest BCUT2D eigenvalue weighted by Gasteiger charge is -2.31. The summed E-state index contributed by atoms with van der Waals surface area (Å²) >= 11 is 4.93. The topological polar surface area (TPSA) is 55.0 Å². The first kappa shape index (κ1) is 12.2. The summed E-state index contributed by atoms with van der Waals surface area (Å²) in [5.74, 6) is 0.724. The molecule has 0 bridgehead atoms. The molecule has 1 aromatic heterocycles. The minimum atomic E-state index is 0.325. The number of nitrogens with zero attached hydrogens (tertiary/aromatic N) is 3. The first-order valence-corrected chi connectivity index (χ1v) is 6.45. The number of hydrogen-bond acceptors (Lipinski definition) is 4. The quantitative estimate of drug-likeness (QED) is 0.830. The summed E-state index contributed by atoms with van der Waals surface area (Å²) in [5.41, 5.74) is 6.23. The highest BCUT2D eigenvalue weighted by Gasteiger charge is 2.20. The van der Waals surface area contributed by atoms with E-state index >= 15 is 0 Å². The van der Waals surface area contributed by atoms with Crippen LogP contribution in [-0.4, -0.2) is 28.0 Å². The third kappa shape index (κ3) is 2.91. The van der Waals surface area contributed by atoms with Crippen molar-refractivity contribution in [3.8, 4) is 0 Å². The van der Waals surface area contributed by atoms with Crippen LogP contribution >= 0.6 is 12.2 Å². The van der Waals surface area contributed by atoms with Gasteiger partial charge in [-0.05, 0) is 18.9 Å². The molecule has 0 spiro atoms. The number of anilines is 1. The predicted molar refractivity (Wildman–Crippen MR) is 73.2 cm³/mol. The summed E-state index contributed by atoms with van der Waals surface area (Å²) in [6, 6.07) is 2.30. The van der Waals surface area contributed by atoms with Gasteiger partial charge in [-0.1, -0.05) is 31.5 Å². The predicted octanol–water partition coefficient (Wildman–Crippen LogP) is 1.88. The van der Waals surface area contributed by atoms with Gasteiger partial charge in [-0.3, -0.25) is 0 Å². The lowest BCUT2D eigenvalue weighted by molar-refractivity contribution is 0.424.